The Morgan fingerprint density at radius 1 is 1.33 bits per heavy atom. The van der Waals surface area contributed by atoms with Crippen LogP contribution in [-0.2, 0) is 9.59 Å². The molecule has 108 valence electrons. The van der Waals surface area contributed by atoms with Gasteiger partial charge in [0.1, 0.15) is 17.3 Å². The fraction of sp³-hybridized carbons (Fsp3) is 0.231. The molecule has 0 aliphatic carbocycles. The van der Waals surface area contributed by atoms with Crippen LogP contribution in [0.25, 0.3) is 0 Å². The predicted molar refractivity (Wildman–Crippen MR) is 76.1 cm³/mol. The minimum absolute atomic E-state index is 0.149. The van der Waals surface area contributed by atoms with Crippen LogP contribution in [0.1, 0.15) is 6.42 Å². The van der Waals surface area contributed by atoms with Crippen LogP contribution in [0.3, 0.4) is 0 Å². The minimum Gasteiger partial charge on any atom is -0.497 e. The van der Waals surface area contributed by atoms with Gasteiger partial charge < -0.3 is 4.74 Å². The normalized spacial score (nSPS) is 18.3. The SMILES string of the molecule is COc1ccc(N2C(=O)C[C@@H](Sc3ncn[nH]3)C2=O)cc1. The van der Waals surface area contributed by atoms with Crippen LogP contribution in [-0.4, -0.2) is 39.4 Å². The Bertz CT molecular complexity index is 657. The fourth-order valence-electron chi connectivity index (χ4n) is 2.08. The second-order valence-electron chi connectivity index (χ2n) is 4.37. The maximum atomic E-state index is 12.4. The van der Waals surface area contributed by atoms with Crippen molar-refractivity contribution >= 4 is 29.3 Å². The standard InChI is InChI=1S/C13H12N4O3S/c1-20-9-4-2-8(3-5-9)17-11(18)6-10(12(17)19)21-13-14-7-15-16-13/h2-5,7,10H,6H2,1H3,(H,14,15,16)/t10-/m1/s1. The molecular formula is C13H12N4O3S. The summed E-state index contributed by atoms with van der Waals surface area (Å²) in [6.07, 6.45) is 1.51. The van der Waals surface area contributed by atoms with Gasteiger partial charge in [-0.3, -0.25) is 14.7 Å². The smallest absolute Gasteiger partial charge is 0.247 e. The molecule has 21 heavy (non-hydrogen) atoms. The third kappa shape index (κ3) is 2.62. The average molecular weight is 304 g/mol. The molecule has 3 rings (SSSR count). The molecule has 2 aromatic rings. The van der Waals surface area contributed by atoms with Crippen molar-refractivity contribution in [2.75, 3.05) is 12.0 Å². The number of nitrogens with one attached hydrogen (secondary N) is 1. The maximum absolute atomic E-state index is 12.4. The molecular weight excluding hydrogens is 292 g/mol. The Labute approximate surface area is 124 Å². The zero-order chi connectivity index (χ0) is 14.8. The van der Waals surface area contributed by atoms with E-state index in [1.807, 2.05) is 0 Å². The quantitative estimate of drug-likeness (QED) is 0.855. The lowest BCUT2D eigenvalue weighted by molar-refractivity contribution is -0.121. The molecule has 0 unspecified atom stereocenters. The van der Waals surface area contributed by atoms with E-state index in [0.717, 1.165) is 0 Å². The summed E-state index contributed by atoms with van der Waals surface area (Å²) in [5, 5.41) is 6.44. The highest BCUT2D eigenvalue weighted by atomic mass is 32.2. The summed E-state index contributed by atoms with van der Waals surface area (Å²) in [5.74, 6) is 0.208. The summed E-state index contributed by atoms with van der Waals surface area (Å²) in [5.41, 5.74) is 0.548. The van der Waals surface area contributed by atoms with Gasteiger partial charge in [0.25, 0.3) is 0 Å². The molecule has 1 aromatic carbocycles. The van der Waals surface area contributed by atoms with Crippen molar-refractivity contribution in [3.05, 3.63) is 30.6 Å². The van der Waals surface area contributed by atoms with E-state index >= 15 is 0 Å². The highest BCUT2D eigenvalue weighted by molar-refractivity contribution is 8.00. The molecule has 8 heteroatoms. The number of amides is 2. The first-order chi connectivity index (χ1) is 10.2. The molecule has 1 aliphatic rings. The van der Waals surface area contributed by atoms with Crippen molar-refractivity contribution in [2.45, 2.75) is 16.8 Å². The van der Waals surface area contributed by atoms with Gasteiger partial charge in [-0.15, -0.1) is 0 Å². The molecule has 1 atom stereocenters. The summed E-state index contributed by atoms with van der Waals surface area (Å²) < 4.78 is 5.06. The second-order valence-corrected chi connectivity index (χ2v) is 5.56. The van der Waals surface area contributed by atoms with Gasteiger partial charge in [-0.05, 0) is 24.3 Å². The number of hydrogen-bond donors (Lipinski definition) is 1. The van der Waals surface area contributed by atoms with Gasteiger partial charge in [-0.2, -0.15) is 5.10 Å². The van der Waals surface area contributed by atoms with Gasteiger partial charge in [0, 0.05) is 6.42 Å². The summed E-state index contributed by atoms with van der Waals surface area (Å²) in [6, 6.07) is 6.81. The fourth-order valence-corrected chi connectivity index (χ4v) is 3.00. The number of H-pyrrole nitrogens is 1. The molecule has 1 aliphatic heterocycles. The number of thioether (sulfide) groups is 1. The number of ether oxygens (including phenoxy) is 1. The monoisotopic (exact) mass is 304 g/mol. The van der Waals surface area contributed by atoms with E-state index in [1.165, 1.54) is 23.0 Å². The molecule has 2 amide bonds. The Balaban J connectivity index is 1.79. The lowest BCUT2D eigenvalue weighted by atomic mass is 10.3. The number of carbonyl (C=O) groups is 2. The molecule has 2 heterocycles. The molecule has 1 fully saturated rings. The van der Waals surface area contributed by atoms with Gasteiger partial charge in [0.05, 0.1) is 12.8 Å². The van der Waals surface area contributed by atoms with E-state index in [4.69, 9.17) is 4.74 Å². The number of rotatable bonds is 4. The lowest BCUT2D eigenvalue weighted by Gasteiger charge is -2.14. The third-order valence-electron chi connectivity index (χ3n) is 3.08. The number of hydrogen-bond acceptors (Lipinski definition) is 6. The Hall–Kier alpha value is -2.35. The summed E-state index contributed by atoms with van der Waals surface area (Å²) in [6.45, 7) is 0. The van der Waals surface area contributed by atoms with E-state index in [9.17, 15) is 9.59 Å². The largest absolute Gasteiger partial charge is 0.497 e. The van der Waals surface area contributed by atoms with E-state index in [1.54, 1.807) is 31.4 Å². The Morgan fingerprint density at radius 2 is 2.10 bits per heavy atom. The predicted octanol–water partition coefficient (Wildman–Crippen LogP) is 1.24. The first-order valence-corrected chi connectivity index (χ1v) is 7.10. The topological polar surface area (TPSA) is 88.2 Å². The number of methoxy groups -OCH3 is 1. The number of benzene rings is 1. The van der Waals surface area contributed by atoms with Crippen molar-refractivity contribution in [3.63, 3.8) is 0 Å². The molecule has 0 bridgehead atoms. The molecule has 0 spiro atoms. The molecule has 1 N–H and O–H groups in total. The lowest BCUT2D eigenvalue weighted by Crippen LogP contribution is -2.31. The number of anilines is 1. The van der Waals surface area contributed by atoms with Gasteiger partial charge >= 0.3 is 0 Å². The average Bonchev–Trinajstić information content (AvgIpc) is 3.09. The van der Waals surface area contributed by atoms with Crippen molar-refractivity contribution in [1.29, 1.82) is 0 Å². The maximum Gasteiger partial charge on any atom is 0.247 e. The first-order valence-electron chi connectivity index (χ1n) is 6.22. The molecule has 1 aromatic heterocycles. The van der Waals surface area contributed by atoms with Crippen LogP contribution < -0.4 is 9.64 Å². The van der Waals surface area contributed by atoms with Crippen molar-refractivity contribution in [2.24, 2.45) is 0 Å². The first kappa shape index (κ1) is 13.6. The minimum atomic E-state index is -0.479. The molecule has 7 nitrogen and oxygen atoms in total. The van der Waals surface area contributed by atoms with Crippen molar-refractivity contribution in [1.82, 2.24) is 15.2 Å². The van der Waals surface area contributed by atoms with Crippen LogP contribution >= 0.6 is 11.8 Å². The van der Waals surface area contributed by atoms with E-state index < -0.39 is 5.25 Å². The number of aromatic nitrogens is 3. The molecule has 0 saturated carbocycles. The van der Waals surface area contributed by atoms with E-state index in [-0.39, 0.29) is 18.2 Å². The molecule has 1 saturated heterocycles. The molecule has 0 radical (unpaired) electrons. The second kappa shape index (κ2) is 5.57. The van der Waals surface area contributed by atoms with Crippen molar-refractivity contribution in [3.8, 4) is 5.75 Å². The van der Waals surface area contributed by atoms with Crippen LogP contribution in [0.5, 0.6) is 5.75 Å². The van der Waals surface area contributed by atoms with E-state index in [0.29, 0.717) is 16.6 Å². The summed E-state index contributed by atoms with van der Waals surface area (Å²) in [4.78, 5) is 29.6. The summed E-state index contributed by atoms with van der Waals surface area (Å²) in [7, 11) is 1.56. The van der Waals surface area contributed by atoms with Crippen LogP contribution in [0.2, 0.25) is 0 Å². The van der Waals surface area contributed by atoms with Gasteiger partial charge in [0.2, 0.25) is 11.8 Å². The number of carbonyl (C=O) groups excluding carboxylic acids is 2. The van der Waals surface area contributed by atoms with E-state index in [2.05, 4.69) is 15.2 Å². The van der Waals surface area contributed by atoms with Gasteiger partial charge in [0.15, 0.2) is 5.16 Å². The third-order valence-corrected chi connectivity index (χ3v) is 4.16. The van der Waals surface area contributed by atoms with Crippen molar-refractivity contribution < 1.29 is 14.3 Å². The highest BCUT2D eigenvalue weighted by Crippen LogP contribution is 2.32. The van der Waals surface area contributed by atoms with Gasteiger partial charge in [-0.1, -0.05) is 11.8 Å². The van der Waals surface area contributed by atoms with Gasteiger partial charge in [-0.25, -0.2) is 9.88 Å². The number of nitrogens with zero attached hydrogens (tertiary/aromatic N) is 3. The Morgan fingerprint density at radius 3 is 2.71 bits per heavy atom. The van der Waals surface area contributed by atoms with Crippen LogP contribution in [0.4, 0.5) is 5.69 Å². The number of imide groups is 1. The number of aromatic amines is 1. The zero-order valence-corrected chi connectivity index (χ0v) is 12.0. The highest BCUT2D eigenvalue weighted by Gasteiger charge is 2.40. The van der Waals surface area contributed by atoms with Crippen LogP contribution in [0.15, 0.2) is 35.7 Å². The summed E-state index contributed by atoms with van der Waals surface area (Å²) >= 11 is 1.21. The zero-order valence-electron chi connectivity index (χ0n) is 11.1. The van der Waals surface area contributed by atoms with Crippen LogP contribution in [0, 0.1) is 0 Å². The Kier molecular flexibility index (Phi) is 3.61.